The lowest BCUT2D eigenvalue weighted by molar-refractivity contribution is 0.262. The molecule has 2 atom stereocenters. The van der Waals surface area contributed by atoms with Crippen LogP contribution in [0.4, 0.5) is 21.9 Å². The van der Waals surface area contributed by atoms with Crippen molar-refractivity contribution < 1.29 is 9.32 Å². The fraction of sp³-hybridized carbons (Fsp3) is 0.267. The fourth-order valence-electron chi connectivity index (χ4n) is 5.87. The number of anilines is 3. The Hall–Kier alpha value is -4.06. The van der Waals surface area contributed by atoms with Gasteiger partial charge in [0.1, 0.15) is 11.4 Å². The number of amides is 2. The van der Waals surface area contributed by atoms with E-state index in [1.165, 1.54) is 27.9 Å². The maximum Gasteiger partial charge on any atom is 0.323 e. The Labute approximate surface area is 211 Å². The summed E-state index contributed by atoms with van der Waals surface area (Å²) in [5.74, 6) is 1.17. The molecular weight excluding hydrogens is 448 g/mol. The third kappa shape index (κ3) is 4.02. The van der Waals surface area contributed by atoms with Gasteiger partial charge in [-0.1, -0.05) is 65.8 Å². The molecule has 3 aromatic carbocycles. The predicted molar refractivity (Wildman–Crippen MR) is 143 cm³/mol. The van der Waals surface area contributed by atoms with E-state index in [0.29, 0.717) is 17.1 Å². The molecule has 0 fully saturated rings. The second-order valence-corrected chi connectivity index (χ2v) is 9.77. The molecule has 4 aromatic rings. The molecule has 6 nitrogen and oxygen atoms in total. The van der Waals surface area contributed by atoms with E-state index in [0.717, 1.165) is 31.6 Å². The molecule has 3 heterocycles. The highest BCUT2D eigenvalue weighted by molar-refractivity contribution is 6.00. The zero-order valence-electron chi connectivity index (χ0n) is 20.6. The third-order valence-corrected chi connectivity index (χ3v) is 7.54. The largest absolute Gasteiger partial charge is 0.371 e. The molecule has 1 aromatic heterocycles. The van der Waals surface area contributed by atoms with Crippen molar-refractivity contribution in [3.05, 3.63) is 107 Å². The predicted octanol–water partition coefficient (Wildman–Crippen LogP) is 6.81. The standard InChI is InChI=1S/C30H30N4O2/c1-19-28(20(2)36-33-19)32-30(35)31-23-17-26-24(21-9-5-3-6-10-21)13-15-34-16-14-25(27(18-23)29(26)34)22-11-7-4-8-12-22/h3-12,17-18,24-25H,13-16H2,1-2H3,(H2,31,32,35). The van der Waals surface area contributed by atoms with Gasteiger partial charge in [0.25, 0.3) is 0 Å². The molecule has 6 rings (SSSR count). The Bertz CT molecular complexity index is 1310. The molecule has 0 radical (unpaired) electrons. The van der Waals surface area contributed by atoms with Gasteiger partial charge in [0.2, 0.25) is 0 Å². The Morgan fingerprint density at radius 2 is 1.42 bits per heavy atom. The van der Waals surface area contributed by atoms with Gasteiger partial charge >= 0.3 is 6.03 Å². The summed E-state index contributed by atoms with van der Waals surface area (Å²) in [6.07, 6.45) is 2.11. The van der Waals surface area contributed by atoms with Crippen LogP contribution in [0.3, 0.4) is 0 Å². The summed E-state index contributed by atoms with van der Waals surface area (Å²) in [7, 11) is 0. The number of hydrogen-bond donors (Lipinski definition) is 2. The molecular formula is C30H30N4O2. The summed E-state index contributed by atoms with van der Waals surface area (Å²) >= 11 is 0. The van der Waals surface area contributed by atoms with Crippen molar-refractivity contribution in [3.8, 4) is 0 Å². The van der Waals surface area contributed by atoms with Gasteiger partial charge in [0.05, 0.1) is 0 Å². The van der Waals surface area contributed by atoms with Crippen LogP contribution in [0.15, 0.2) is 77.3 Å². The zero-order valence-corrected chi connectivity index (χ0v) is 20.6. The Morgan fingerprint density at radius 3 is 1.92 bits per heavy atom. The number of nitrogens with one attached hydrogen (secondary N) is 2. The summed E-state index contributed by atoms with van der Waals surface area (Å²) < 4.78 is 5.20. The van der Waals surface area contributed by atoms with Crippen LogP contribution in [0.5, 0.6) is 0 Å². The van der Waals surface area contributed by atoms with Crippen LogP contribution in [-0.4, -0.2) is 24.3 Å². The van der Waals surface area contributed by atoms with Crippen molar-refractivity contribution in [2.75, 3.05) is 28.6 Å². The molecule has 2 amide bonds. The Kier molecular flexibility index (Phi) is 5.72. The Morgan fingerprint density at radius 1 is 0.861 bits per heavy atom. The molecule has 2 aliphatic rings. The van der Waals surface area contributed by atoms with Crippen molar-refractivity contribution in [3.63, 3.8) is 0 Å². The van der Waals surface area contributed by atoms with E-state index in [-0.39, 0.29) is 17.9 Å². The van der Waals surface area contributed by atoms with Crippen molar-refractivity contribution in [2.24, 2.45) is 0 Å². The van der Waals surface area contributed by atoms with E-state index in [2.05, 4.69) is 93.5 Å². The van der Waals surface area contributed by atoms with E-state index in [1.54, 1.807) is 6.92 Å². The number of nitrogens with zero attached hydrogens (tertiary/aromatic N) is 2. The maximum absolute atomic E-state index is 13.0. The molecule has 2 N–H and O–H groups in total. The SMILES string of the molecule is Cc1noc(C)c1NC(=O)Nc1cc2c3c(c1)C(c1ccccc1)CCN3CCC2c1ccccc1. The molecule has 2 unspecified atom stereocenters. The van der Waals surface area contributed by atoms with E-state index in [9.17, 15) is 4.79 Å². The first-order chi connectivity index (χ1) is 17.6. The van der Waals surface area contributed by atoms with Crippen molar-refractivity contribution >= 4 is 23.1 Å². The van der Waals surface area contributed by atoms with Crippen LogP contribution in [-0.2, 0) is 0 Å². The number of aromatic nitrogens is 1. The molecule has 0 aliphatic carbocycles. The molecule has 0 saturated heterocycles. The second-order valence-electron chi connectivity index (χ2n) is 9.77. The molecule has 2 aliphatic heterocycles. The quantitative estimate of drug-likeness (QED) is 0.338. The molecule has 0 spiro atoms. The lowest BCUT2D eigenvalue weighted by atomic mass is 9.76. The van der Waals surface area contributed by atoms with E-state index in [1.807, 2.05) is 6.92 Å². The van der Waals surface area contributed by atoms with Crippen molar-refractivity contribution in [1.82, 2.24) is 5.16 Å². The first kappa shape index (κ1) is 22.4. The summed E-state index contributed by atoms with van der Waals surface area (Å²) in [4.78, 5) is 15.6. The van der Waals surface area contributed by atoms with Gasteiger partial charge < -0.3 is 20.1 Å². The fourth-order valence-corrected chi connectivity index (χ4v) is 5.87. The van der Waals surface area contributed by atoms with Gasteiger partial charge in [0, 0.05) is 36.3 Å². The van der Waals surface area contributed by atoms with Gasteiger partial charge in [-0.25, -0.2) is 4.79 Å². The highest BCUT2D eigenvalue weighted by Crippen LogP contribution is 2.49. The summed E-state index contributed by atoms with van der Waals surface area (Å²) in [5.41, 5.74) is 8.63. The van der Waals surface area contributed by atoms with E-state index in [4.69, 9.17) is 4.52 Å². The first-order valence-corrected chi connectivity index (χ1v) is 12.6. The number of carbonyl (C=O) groups is 1. The topological polar surface area (TPSA) is 70.4 Å². The number of urea groups is 1. The number of rotatable bonds is 4. The zero-order chi connectivity index (χ0) is 24.6. The minimum absolute atomic E-state index is 0.290. The minimum Gasteiger partial charge on any atom is -0.371 e. The van der Waals surface area contributed by atoms with Crippen molar-refractivity contribution in [1.29, 1.82) is 0 Å². The smallest absolute Gasteiger partial charge is 0.323 e. The van der Waals surface area contributed by atoms with Crippen LogP contribution in [0.1, 0.15) is 58.4 Å². The normalized spacial score (nSPS) is 18.4. The summed E-state index contributed by atoms with van der Waals surface area (Å²) in [6, 6.07) is 25.5. The average Bonchev–Trinajstić information content (AvgIpc) is 3.22. The van der Waals surface area contributed by atoms with E-state index < -0.39 is 0 Å². The van der Waals surface area contributed by atoms with Crippen LogP contribution < -0.4 is 15.5 Å². The van der Waals surface area contributed by atoms with Crippen molar-refractivity contribution in [2.45, 2.75) is 38.5 Å². The van der Waals surface area contributed by atoms with E-state index >= 15 is 0 Å². The minimum atomic E-state index is -0.299. The number of benzene rings is 3. The van der Waals surface area contributed by atoms with Gasteiger partial charge in [0.15, 0.2) is 5.76 Å². The molecule has 0 saturated carbocycles. The monoisotopic (exact) mass is 478 g/mol. The van der Waals surface area contributed by atoms with Gasteiger partial charge in [-0.15, -0.1) is 0 Å². The summed E-state index contributed by atoms with van der Waals surface area (Å²) in [5, 5.41) is 9.96. The van der Waals surface area contributed by atoms with Crippen LogP contribution in [0.25, 0.3) is 0 Å². The molecule has 6 heteroatoms. The van der Waals surface area contributed by atoms with Crippen LogP contribution >= 0.6 is 0 Å². The van der Waals surface area contributed by atoms with Gasteiger partial charge in [-0.2, -0.15) is 0 Å². The molecule has 182 valence electrons. The summed E-state index contributed by atoms with van der Waals surface area (Å²) in [6.45, 7) is 5.70. The second kappa shape index (κ2) is 9.19. The lowest BCUT2D eigenvalue weighted by Crippen LogP contribution is -2.37. The highest BCUT2D eigenvalue weighted by atomic mass is 16.5. The highest BCUT2D eigenvalue weighted by Gasteiger charge is 2.35. The Balaban J connectivity index is 1.43. The van der Waals surface area contributed by atoms with Gasteiger partial charge in [-0.3, -0.25) is 0 Å². The third-order valence-electron chi connectivity index (χ3n) is 7.54. The number of hydrogen-bond acceptors (Lipinski definition) is 4. The van der Waals surface area contributed by atoms with Crippen LogP contribution in [0, 0.1) is 13.8 Å². The number of aryl methyl sites for hydroxylation is 2. The maximum atomic E-state index is 13.0. The molecule has 0 bridgehead atoms. The molecule has 36 heavy (non-hydrogen) atoms. The number of carbonyl (C=O) groups excluding carboxylic acids is 1. The van der Waals surface area contributed by atoms with Crippen LogP contribution in [0.2, 0.25) is 0 Å². The first-order valence-electron chi connectivity index (χ1n) is 12.6. The lowest BCUT2D eigenvalue weighted by Gasteiger charge is -2.43. The van der Waals surface area contributed by atoms with Gasteiger partial charge in [-0.05, 0) is 61.1 Å². The average molecular weight is 479 g/mol.